The molecule has 0 aromatic carbocycles. The highest BCUT2D eigenvalue weighted by molar-refractivity contribution is 5.98. The van der Waals surface area contributed by atoms with Crippen LogP contribution in [-0.4, -0.2) is 15.9 Å². The van der Waals surface area contributed by atoms with E-state index in [-0.39, 0.29) is 11.4 Å². The summed E-state index contributed by atoms with van der Waals surface area (Å²) in [5.41, 5.74) is 7.30. The van der Waals surface area contributed by atoms with E-state index < -0.39 is 11.7 Å². The molecule has 0 spiro atoms. The summed E-state index contributed by atoms with van der Waals surface area (Å²) < 4.78 is 13.0. The van der Waals surface area contributed by atoms with E-state index in [2.05, 4.69) is 15.3 Å². The number of aromatic nitrogens is 2. The largest absolute Gasteiger partial charge is 0.383 e. The lowest BCUT2D eigenvalue weighted by molar-refractivity contribution is 0.0951. The van der Waals surface area contributed by atoms with E-state index in [0.29, 0.717) is 6.54 Å². The molecule has 2 heterocycles. The Morgan fingerprint density at radius 1 is 1.37 bits per heavy atom. The summed E-state index contributed by atoms with van der Waals surface area (Å²) in [5.74, 6) is -1.07. The van der Waals surface area contributed by atoms with Crippen LogP contribution in [-0.2, 0) is 6.54 Å². The first kappa shape index (κ1) is 12.9. The summed E-state index contributed by atoms with van der Waals surface area (Å²) >= 11 is 0. The molecule has 1 amide bonds. The average Bonchev–Trinajstić information content (AvgIpc) is 2.40. The summed E-state index contributed by atoms with van der Waals surface area (Å²) in [7, 11) is 0. The predicted octanol–water partition coefficient (Wildman–Crippen LogP) is 1.44. The summed E-state index contributed by atoms with van der Waals surface area (Å²) in [5, 5.41) is 2.64. The maximum Gasteiger partial charge on any atom is 0.255 e. The lowest BCUT2D eigenvalue weighted by atomic mass is 10.2. The Hall–Kier alpha value is -2.50. The van der Waals surface area contributed by atoms with Crippen LogP contribution in [0.2, 0.25) is 0 Å². The van der Waals surface area contributed by atoms with Gasteiger partial charge >= 0.3 is 0 Å². The monoisotopic (exact) mass is 260 g/mol. The molecule has 2 aromatic rings. The second-order valence-electron chi connectivity index (χ2n) is 4.08. The van der Waals surface area contributed by atoms with Crippen LogP contribution < -0.4 is 11.1 Å². The molecule has 0 saturated heterocycles. The van der Waals surface area contributed by atoms with Gasteiger partial charge in [0.1, 0.15) is 11.6 Å². The minimum Gasteiger partial charge on any atom is -0.383 e. The van der Waals surface area contributed by atoms with Gasteiger partial charge in [-0.05, 0) is 24.6 Å². The molecule has 2 aromatic heterocycles. The second-order valence-corrected chi connectivity index (χ2v) is 4.08. The molecule has 0 aliphatic heterocycles. The number of aryl methyl sites for hydroxylation is 1. The van der Waals surface area contributed by atoms with Crippen LogP contribution in [0.15, 0.2) is 30.6 Å². The number of amides is 1. The normalized spacial score (nSPS) is 10.2. The van der Waals surface area contributed by atoms with Crippen molar-refractivity contribution in [3.63, 3.8) is 0 Å². The first-order valence-electron chi connectivity index (χ1n) is 5.67. The van der Waals surface area contributed by atoms with Crippen molar-refractivity contribution in [2.45, 2.75) is 13.5 Å². The van der Waals surface area contributed by atoms with Gasteiger partial charge in [-0.25, -0.2) is 9.37 Å². The van der Waals surface area contributed by atoms with Crippen molar-refractivity contribution in [3.05, 3.63) is 53.2 Å². The number of nitrogens with one attached hydrogen (secondary N) is 1. The summed E-state index contributed by atoms with van der Waals surface area (Å²) in [6.07, 6.45) is 2.64. The van der Waals surface area contributed by atoms with Gasteiger partial charge in [0.15, 0.2) is 0 Å². The quantitative estimate of drug-likeness (QED) is 0.875. The van der Waals surface area contributed by atoms with Crippen molar-refractivity contribution in [2.75, 3.05) is 5.73 Å². The lowest BCUT2D eigenvalue weighted by Gasteiger charge is -2.07. The van der Waals surface area contributed by atoms with E-state index in [1.54, 1.807) is 6.20 Å². The van der Waals surface area contributed by atoms with Crippen LogP contribution >= 0.6 is 0 Å². The molecule has 0 atom stereocenters. The van der Waals surface area contributed by atoms with Gasteiger partial charge in [-0.3, -0.25) is 9.78 Å². The number of pyridine rings is 2. The van der Waals surface area contributed by atoms with Crippen molar-refractivity contribution in [1.82, 2.24) is 15.3 Å². The minimum atomic E-state index is -0.601. The van der Waals surface area contributed by atoms with Crippen LogP contribution in [0.3, 0.4) is 0 Å². The summed E-state index contributed by atoms with van der Waals surface area (Å²) in [6, 6.07) is 4.76. The maximum atomic E-state index is 13.0. The Bertz CT molecular complexity index is 598. The Morgan fingerprint density at radius 2 is 2.16 bits per heavy atom. The molecule has 6 heteroatoms. The third kappa shape index (κ3) is 3.25. The molecule has 0 unspecified atom stereocenters. The Balaban J connectivity index is 2.05. The van der Waals surface area contributed by atoms with E-state index in [4.69, 9.17) is 5.73 Å². The molecule has 0 aliphatic rings. The fraction of sp³-hybridized carbons (Fsp3) is 0.154. The van der Waals surface area contributed by atoms with Gasteiger partial charge in [0.05, 0.1) is 11.8 Å². The Morgan fingerprint density at radius 3 is 2.84 bits per heavy atom. The van der Waals surface area contributed by atoms with Crippen molar-refractivity contribution >= 4 is 11.7 Å². The van der Waals surface area contributed by atoms with Gasteiger partial charge < -0.3 is 11.1 Å². The summed E-state index contributed by atoms with van der Waals surface area (Å²) in [6.45, 7) is 2.17. The van der Waals surface area contributed by atoms with E-state index >= 15 is 0 Å². The maximum absolute atomic E-state index is 13.0. The molecule has 0 aliphatic carbocycles. The van der Waals surface area contributed by atoms with Gasteiger partial charge in [-0.2, -0.15) is 0 Å². The number of hydrogen-bond acceptors (Lipinski definition) is 4. The van der Waals surface area contributed by atoms with Gasteiger partial charge in [0, 0.05) is 18.4 Å². The lowest BCUT2D eigenvalue weighted by Crippen LogP contribution is -2.24. The number of carbonyl (C=O) groups excluding carboxylic acids is 1. The Labute approximate surface area is 109 Å². The zero-order valence-electron chi connectivity index (χ0n) is 10.4. The fourth-order valence-electron chi connectivity index (χ4n) is 1.51. The molecule has 0 radical (unpaired) electrons. The van der Waals surface area contributed by atoms with Crippen LogP contribution in [0.25, 0.3) is 0 Å². The average molecular weight is 260 g/mol. The van der Waals surface area contributed by atoms with Gasteiger partial charge in [-0.15, -0.1) is 0 Å². The first-order valence-corrected chi connectivity index (χ1v) is 5.67. The molecular weight excluding hydrogens is 247 g/mol. The molecule has 0 bridgehead atoms. The molecule has 2 rings (SSSR count). The molecule has 0 fully saturated rings. The third-order valence-electron chi connectivity index (χ3n) is 2.56. The van der Waals surface area contributed by atoms with E-state index in [9.17, 15) is 9.18 Å². The van der Waals surface area contributed by atoms with E-state index in [1.165, 1.54) is 0 Å². The highest BCUT2D eigenvalue weighted by atomic mass is 19.1. The predicted molar refractivity (Wildman–Crippen MR) is 68.8 cm³/mol. The number of halogens is 1. The molecular formula is C13H13FN4O. The standard InChI is InChI=1S/C13H13FN4O/c1-8-2-3-9(5-16-8)6-18-13(19)11-4-10(14)7-17-12(11)15/h2-5,7H,6H2,1H3,(H2,15,17)(H,18,19). The number of hydrogen-bond donors (Lipinski definition) is 2. The van der Waals surface area contributed by atoms with Gasteiger partial charge in [0.2, 0.25) is 0 Å². The molecule has 5 nitrogen and oxygen atoms in total. The fourth-order valence-corrected chi connectivity index (χ4v) is 1.51. The molecule has 3 N–H and O–H groups in total. The van der Waals surface area contributed by atoms with Crippen molar-refractivity contribution in [2.24, 2.45) is 0 Å². The topological polar surface area (TPSA) is 80.9 Å². The van der Waals surface area contributed by atoms with Crippen LogP contribution in [0.1, 0.15) is 21.6 Å². The SMILES string of the molecule is Cc1ccc(CNC(=O)c2cc(F)cnc2N)cn1. The van der Waals surface area contributed by atoms with Gasteiger partial charge in [0.25, 0.3) is 5.91 Å². The van der Waals surface area contributed by atoms with Crippen LogP contribution in [0.4, 0.5) is 10.2 Å². The van der Waals surface area contributed by atoms with Crippen molar-refractivity contribution < 1.29 is 9.18 Å². The zero-order valence-corrected chi connectivity index (χ0v) is 10.4. The van der Waals surface area contributed by atoms with Crippen LogP contribution in [0, 0.1) is 12.7 Å². The van der Waals surface area contributed by atoms with E-state index in [1.807, 2.05) is 19.1 Å². The smallest absolute Gasteiger partial charge is 0.255 e. The second kappa shape index (κ2) is 5.43. The molecule has 0 saturated carbocycles. The molecule has 98 valence electrons. The number of nitrogens with zero attached hydrogens (tertiary/aromatic N) is 2. The zero-order chi connectivity index (χ0) is 13.8. The number of nitrogen functional groups attached to an aromatic ring is 1. The summed E-state index contributed by atoms with van der Waals surface area (Å²) in [4.78, 5) is 19.5. The highest BCUT2D eigenvalue weighted by Gasteiger charge is 2.11. The third-order valence-corrected chi connectivity index (χ3v) is 2.56. The number of nitrogens with two attached hydrogens (primary N) is 1. The van der Waals surface area contributed by atoms with Gasteiger partial charge in [-0.1, -0.05) is 6.07 Å². The highest BCUT2D eigenvalue weighted by Crippen LogP contribution is 2.10. The molecule has 19 heavy (non-hydrogen) atoms. The van der Waals surface area contributed by atoms with Crippen molar-refractivity contribution in [1.29, 1.82) is 0 Å². The van der Waals surface area contributed by atoms with Crippen molar-refractivity contribution in [3.8, 4) is 0 Å². The van der Waals surface area contributed by atoms with E-state index in [0.717, 1.165) is 23.5 Å². The minimum absolute atomic E-state index is 0.000862. The number of anilines is 1. The number of carbonyl (C=O) groups is 1. The number of rotatable bonds is 3. The Kier molecular flexibility index (Phi) is 3.70. The van der Waals surface area contributed by atoms with Crippen LogP contribution in [0.5, 0.6) is 0 Å². The first-order chi connectivity index (χ1) is 9.06.